The van der Waals surface area contributed by atoms with Gasteiger partial charge < -0.3 is 0 Å². The molecule has 0 aliphatic heterocycles. The summed E-state index contributed by atoms with van der Waals surface area (Å²) >= 11 is 0. The highest BCUT2D eigenvalue weighted by Crippen LogP contribution is 2.59. The third kappa shape index (κ3) is 4.18. The minimum Gasteiger partial charge on any atom is -0.273 e. The van der Waals surface area contributed by atoms with Gasteiger partial charge in [0.25, 0.3) is 0 Å². The zero-order chi connectivity index (χ0) is 17.2. The minimum atomic E-state index is -0.344. The second-order valence-electron chi connectivity index (χ2n) is 6.91. The fourth-order valence-corrected chi connectivity index (χ4v) is 2.89. The van der Waals surface area contributed by atoms with Gasteiger partial charge >= 0.3 is 0 Å². The van der Waals surface area contributed by atoms with Crippen molar-refractivity contribution >= 4 is 11.8 Å². The van der Waals surface area contributed by atoms with Gasteiger partial charge in [0.1, 0.15) is 5.82 Å². The third-order valence-corrected chi connectivity index (χ3v) is 4.31. The van der Waals surface area contributed by atoms with E-state index in [4.69, 9.17) is 0 Å². The third-order valence-electron chi connectivity index (χ3n) is 4.31. The molecule has 0 aromatic heterocycles. The summed E-state index contributed by atoms with van der Waals surface area (Å²) in [7, 11) is 0. The fourth-order valence-electron chi connectivity index (χ4n) is 2.89. The van der Waals surface area contributed by atoms with Gasteiger partial charge in [0.15, 0.2) is 0 Å². The molecule has 124 valence electrons. The molecule has 2 unspecified atom stereocenters. The van der Waals surface area contributed by atoms with Gasteiger partial charge in [-0.25, -0.2) is 4.39 Å². The summed E-state index contributed by atoms with van der Waals surface area (Å²) in [5.74, 6) is -0.791. The summed E-state index contributed by atoms with van der Waals surface area (Å²) in [5.41, 5.74) is 6.69. The lowest BCUT2D eigenvalue weighted by molar-refractivity contribution is -0.129. The Morgan fingerprint density at radius 3 is 2.35 bits per heavy atom. The quantitative estimate of drug-likeness (QED) is 0.662. The number of hydrogen-bond acceptors (Lipinski definition) is 2. The topological polar surface area (TPSA) is 58.2 Å². The van der Waals surface area contributed by atoms with E-state index in [1.165, 1.54) is 17.7 Å². The number of allylic oxidation sites excluding steroid dienone is 2. The number of rotatable bonds is 4. The maximum atomic E-state index is 12.8. The van der Waals surface area contributed by atoms with Crippen molar-refractivity contribution in [2.45, 2.75) is 34.1 Å². The molecule has 1 aliphatic carbocycles. The number of carbonyl (C=O) groups excluding carboxylic acids is 2. The molecule has 2 amide bonds. The lowest BCUT2D eigenvalue weighted by Gasteiger charge is -2.08. The van der Waals surface area contributed by atoms with Gasteiger partial charge in [-0.2, -0.15) is 0 Å². The number of hydrazine groups is 1. The molecule has 1 aliphatic rings. The van der Waals surface area contributed by atoms with Crippen LogP contribution in [0.5, 0.6) is 0 Å². The number of nitrogens with one attached hydrogen (secondary N) is 2. The highest BCUT2D eigenvalue weighted by molar-refractivity contribution is 5.87. The summed E-state index contributed by atoms with van der Waals surface area (Å²) in [6.45, 7) is 8.10. The summed E-state index contributed by atoms with van der Waals surface area (Å²) < 4.78 is 12.8. The standard InChI is InChI=1S/C18H23FN2O2/c1-11(2)9-14-16(18(14,3)4)17(23)21-20-15(22)10-12-5-7-13(19)8-6-12/h5-9,14,16H,10H2,1-4H3,(H,20,22)(H,21,23). The largest absolute Gasteiger partial charge is 0.273 e. The van der Waals surface area contributed by atoms with Gasteiger partial charge in [0.2, 0.25) is 11.8 Å². The maximum Gasteiger partial charge on any atom is 0.242 e. The molecule has 1 saturated carbocycles. The highest BCUT2D eigenvalue weighted by atomic mass is 19.1. The summed E-state index contributed by atoms with van der Waals surface area (Å²) in [6, 6.07) is 5.70. The number of amides is 2. The molecule has 23 heavy (non-hydrogen) atoms. The molecule has 1 fully saturated rings. The molecule has 0 heterocycles. The number of hydrogen-bond donors (Lipinski definition) is 2. The average molecular weight is 318 g/mol. The fraction of sp³-hybridized carbons (Fsp3) is 0.444. The maximum absolute atomic E-state index is 12.8. The Labute approximate surface area is 136 Å². The molecule has 2 atom stereocenters. The molecule has 0 bridgehead atoms. The van der Waals surface area contributed by atoms with E-state index in [-0.39, 0.29) is 41.3 Å². The second-order valence-corrected chi connectivity index (χ2v) is 6.91. The normalized spacial score (nSPS) is 21.3. The first-order valence-corrected chi connectivity index (χ1v) is 7.70. The molecule has 1 aromatic carbocycles. The van der Waals surface area contributed by atoms with Gasteiger partial charge in [0, 0.05) is 0 Å². The zero-order valence-electron chi connectivity index (χ0n) is 13.9. The molecular formula is C18H23FN2O2. The predicted octanol–water partition coefficient (Wildman–Crippen LogP) is 2.75. The van der Waals surface area contributed by atoms with E-state index < -0.39 is 0 Å². The summed E-state index contributed by atoms with van der Waals surface area (Å²) in [4.78, 5) is 24.0. The Balaban J connectivity index is 1.84. The van der Waals surface area contributed by atoms with Crippen LogP contribution in [-0.4, -0.2) is 11.8 Å². The van der Waals surface area contributed by atoms with Crippen LogP contribution in [0.4, 0.5) is 4.39 Å². The minimum absolute atomic E-state index is 0.0893. The van der Waals surface area contributed by atoms with Crippen molar-refractivity contribution in [1.29, 1.82) is 0 Å². The van der Waals surface area contributed by atoms with Gasteiger partial charge in [-0.3, -0.25) is 20.4 Å². The molecule has 2 rings (SSSR count). The van der Waals surface area contributed by atoms with E-state index >= 15 is 0 Å². The molecule has 0 spiro atoms. The second kappa shape index (κ2) is 6.52. The Kier molecular flexibility index (Phi) is 4.88. The van der Waals surface area contributed by atoms with Gasteiger partial charge in [-0.15, -0.1) is 0 Å². The van der Waals surface area contributed by atoms with Gasteiger partial charge in [0.05, 0.1) is 12.3 Å². The van der Waals surface area contributed by atoms with Crippen LogP contribution < -0.4 is 10.9 Å². The molecule has 2 N–H and O–H groups in total. The van der Waals surface area contributed by atoms with Crippen LogP contribution in [0.2, 0.25) is 0 Å². The van der Waals surface area contributed by atoms with Crippen molar-refractivity contribution in [1.82, 2.24) is 10.9 Å². The molecule has 1 aromatic rings. The van der Waals surface area contributed by atoms with Crippen LogP contribution in [0.1, 0.15) is 33.3 Å². The average Bonchev–Trinajstić information content (AvgIpc) is 2.99. The predicted molar refractivity (Wildman–Crippen MR) is 86.6 cm³/mol. The van der Waals surface area contributed by atoms with Crippen molar-refractivity contribution in [2.75, 3.05) is 0 Å². The Bertz CT molecular complexity index is 631. The first-order valence-electron chi connectivity index (χ1n) is 7.70. The van der Waals surface area contributed by atoms with Crippen molar-refractivity contribution in [3.05, 3.63) is 47.3 Å². The van der Waals surface area contributed by atoms with E-state index in [1.807, 2.05) is 27.7 Å². The van der Waals surface area contributed by atoms with E-state index in [1.54, 1.807) is 12.1 Å². The molecule has 4 nitrogen and oxygen atoms in total. The first kappa shape index (κ1) is 17.2. The Hall–Kier alpha value is -2.17. The monoisotopic (exact) mass is 318 g/mol. The van der Waals surface area contributed by atoms with Crippen LogP contribution >= 0.6 is 0 Å². The lowest BCUT2D eigenvalue weighted by Crippen LogP contribution is -2.43. The van der Waals surface area contributed by atoms with Crippen molar-refractivity contribution in [3.63, 3.8) is 0 Å². The van der Waals surface area contributed by atoms with E-state index in [0.717, 1.165) is 0 Å². The van der Waals surface area contributed by atoms with Crippen LogP contribution in [0.15, 0.2) is 35.9 Å². The van der Waals surface area contributed by atoms with Crippen molar-refractivity contribution in [3.8, 4) is 0 Å². The van der Waals surface area contributed by atoms with Crippen molar-refractivity contribution in [2.24, 2.45) is 17.3 Å². The number of benzene rings is 1. The van der Waals surface area contributed by atoms with Crippen LogP contribution in [0.25, 0.3) is 0 Å². The molecule has 0 saturated heterocycles. The smallest absolute Gasteiger partial charge is 0.242 e. The highest BCUT2D eigenvalue weighted by Gasteiger charge is 2.60. The Morgan fingerprint density at radius 2 is 1.78 bits per heavy atom. The van der Waals surface area contributed by atoms with E-state index in [0.29, 0.717) is 5.56 Å². The van der Waals surface area contributed by atoms with E-state index in [9.17, 15) is 14.0 Å². The lowest BCUT2D eigenvalue weighted by atomic mass is 10.1. The summed E-state index contributed by atoms with van der Waals surface area (Å²) in [6.07, 6.45) is 2.19. The van der Waals surface area contributed by atoms with Crippen LogP contribution in [-0.2, 0) is 16.0 Å². The molecular weight excluding hydrogens is 295 g/mol. The van der Waals surface area contributed by atoms with Crippen LogP contribution in [0.3, 0.4) is 0 Å². The first-order chi connectivity index (χ1) is 10.7. The number of halogens is 1. The molecule has 5 heteroatoms. The van der Waals surface area contributed by atoms with Gasteiger partial charge in [-0.1, -0.05) is 37.6 Å². The van der Waals surface area contributed by atoms with Gasteiger partial charge in [-0.05, 0) is 42.9 Å². The SMILES string of the molecule is CC(C)=CC1C(C(=O)NNC(=O)Cc2ccc(F)cc2)C1(C)C. The summed E-state index contributed by atoms with van der Waals surface area (Å²) in [5, 5.41) is 0. The molecule has 0 radical (unpaired) electrons. The zero-order valence-corrected chi connectivity index (χ0v) is 13.9. The Morgan fingerprint density at radius 1 is 1.17 bits per heavy atom. The van der Waals surface area contributed by atoms with Crippen LogP contribution in [0, 0.1) is 23.1 Å². The van der Waals surface area contributed by atoms with Crippen molar-refractivity contribution < 1.29 is 14.0 Å². The van der Waals surface area contributed by atoms with E-state index in [2.05, 4.69) is 16.9 Å². The number of carbonyl (C=O) groups is 2.